The first-order valence-electron chi connectivity index (χ1n) is 5.85. The number of benzene rings is 1. The molecule has 0 bridgehead atoms. The highest BCUT2D eigenvalue weighted by atomic mass is 32.2. The molecule has 1 aromatic heterocycles. The van der Waals surface area contributed by atoms with Crippen molar-refractivity contribution in [1.82, 2.24) is 9.71 Å². The molecule has 6 nitrogen and oxygen atoms in total. The molecule has 110 valence electrons. The second kappa shape index (κ2) is 6.61. The Morgan fingerprint density at radius 1 is 1.33 bits per heavy atom. The first kappa shape index (κ1) is 15.4. The van der Waals surface area contributed by atoms with Crippen molar-refractivity contribution >= 4 is 33.4 Å². The average Bonchev–Trinajstić information content (AvgIpc) is 2.97. The summed E-state index contributed by atoms with van der Waals surface area (Å²) in [5.74, 6) is -1.06. The molecular weight excluding hydrogens is 312 g/mol. The molecule has 0 spiro atoms. The van der Waals surface area contributed by atoms with E-state index in [-0.39, 0.29) is 11.4 Å². The van der Waals surface area contributed by atoms with Crippen LogP contribution in [0.5, 0.6) is 0 Å². The fourth-order valence-corrected chi connectivity index (χ4v) is 3.14. The molecule has 1 aromatic carbocycles. The van der Waals surface area contributed by atoms with Crippen LogP contribution in [-0.4, -0.2) is 24.5 Å². The summed E-state index contributed by atoms with van der Waals surface area (Å²) in [7, 11) is -3.60. The zero-order valence-corrected chi connectivity index (χ0v) is 12.4. The number of aromatic nitrogens is 1. The van der Waals surface area contributed by atoms with Gasteiger partial charge in [-0.2, -0.15) is 0 Å². The third-order valence-electron chi connectivity index (χ3n) is 2.53. The number of carbonyl (C=O) groups is 1. The van der Waals surface area contributed by atoms with Gasteiger partial charge in [-0.1, -0.05) is 12.1 Å². The van der Waals surface area contributed by atoms with E-state index in [1.54, 1.807) is 23.8 Å². The maximum Gasteiger partial charge on any atom is 0.328 e. The summed E-state index contributed by atoms with van der Waals surface area (Å²) in [6.45, 7) is 0.188. The van der Waals surface area contributed by atoms with Gasteiger partial charge in [-0.3, -0.25) is 4.98 Å². The van der Waals surface area contributed by atoms with Crippen LogP contribution in [0.2, 0.25) is 0 Å². The van der Waals surface area contributed by atoms with E-state index >= 15 is 0 Å². The number of sulfonamides is 1. The van der Waals surface area contributed by atoms with Crippen LogP contribution >= 0.6 is 11.3 Å². The zero-order chi connectivity index (χ0) is 15.3. The van der Waals surface area contributed by atoms with Crippen molar-refractivity contribution in [3.63, 3.8) is 0 Å². The Bertz CT molecular complexity index is 735. The quantitative estimate of drug-likeness (QED) is 0.789. The molecule has 1 heterocycles. The predicted octanol–water partition coefficient (Wildman–Crippen LogP) is 1.72. The number of carboxylic acids is 1. The van der Waals surface area contributed by atoms with Gasteiger partial charge in [0.2, 0.25) is 10.0 Å². The highest BCUT2D eigenvalue weighted by Gasteiger charge is 2.13. The summed E-state index contributed by atoms with van der Waals surface area (Å²) in [5, 5.41) is 8.52. The van der Waals surface area contributed by atoms with E-state index in [0.717, 1.165) is 11.0 Å². The lowest BCUT2D eigenvalue weighted by Crippen LogP contribution is -2.22. The van der Waals surface area contributed by atoms with Crippen molar-refractivity contribution in [2.24, 2.45) is 0 Å². The van der Waals surface area contributed by atoms with Gasteiger partial charge in [-0.25, -0.2) is 17.9 Å². The van der Waals surface area contributed by atoms with E-state index in [1.165, 1.54) is 29.5 Å². The molecule has 0 aliphatic carbocycles. The smallest absolute Gasteiger partial charge is 0.328 e. The van der Waals surface area contributed by atoms with Gasteiger partial charge in [0.15, 0.2) is 0 Å². The van der Waals surface area contributed by atoms with Crippen LogP contribution in [0.15, 0.2) is 46.9 Å². The number of carboxylic acid groups (broad SMARTS) is 1. The minimum atomic E-state index is -3.60. The second-order valence-corrected chi connectivity index (χ2v) is 6.77. The Kier molecular flexibility index (Phi) is 4.84. The van der Waals surface area contributed by atoms with Crippen molar-refractivity contribution in [2.75, 3.05) is 0 Å². The summed E-state index contributed by atoms with van der Waals surface area (Å²) in [6.07, 6.45) is 3.99. The molecule has 2 N–H and O–H groups in total. The number of rotatable bonds is 6. The minimum Gasteiger partial charge on any atom is -0.478 e. The van der Waals surface area contributed by atoms with E-state index in [0.29, 0.717) is 5.56 Å². The summed E-state index contributed by atoms with van der Waals surface area (Å²) < 4.78 is 26.6. The largest absolute Gasteiger partial charge is 0.478 e. The Labute approximate surface area is 125 Å². The second-order valence-electron chi connectivity index (χ2n) is 4.03. The van der Waals surface area contributed by atoms with Crippen molar-refractivity contribution in [3.05, 3.63) is 52.5 Å². The number of nitrogens with one attached hydrogen (secondary N) is 1. The molecule has 0 atom stereocenters. The van der Waals surface area contributed by atoms with Crippen LogP contribution in [0.1, 0.15) is 10.4 Å². The molecule has 0 amide bonds. The summed E-state index contributed by atoms with van der Waals surface area (Å²) >= 11 is 1.37. The Balaban J connectivity index is 2.08. The minimum absolute atomic E-state index is 0.125. The average molecular weight is 324 g/mol. The number of nitrogens with zero attached hydrogens (tertiary/aromatic N) is 1. The molecule has 0 fully saturated rings. The van der Waals surface area contributed by atoms with E-state index in [1.807, 2.05) is 0 Å². The van der Waals surface area contributed by atoms with Crippen LogP contribution in [0.3, 0.4) is 0 Å². The third kappa shape index (κ3) is 4.48. The molecule has 0 radical (unpaired) electrons. The van der Waals surface area contributed by atoms with Crippen LogP contribution in [-0.2, 0) is 21.4 Å². The molecule has 8 heteroatoms. The van der Waals surface area contributed by atoms with Crippen molar-refractivity contribution in [1.29, 1.82) is 0 Å². The topological polar surface area (TPSA) is 96.4 Å². The lowest BCUT2D eigenvalue weighted by atomic mass is 10.2. The molecule has 0 aliphatic rings. The highest BCUT2D eigenvalue weighted by molar-refractivity contribution is 7.89. The van der Waals surface area contributed by atoms with Gasteiger partial charge < -0.3 is 5.11 Å². The normalized spacial score (nSPS) is 11.8. The number of thiazole rings is 1. The van der Waals surface area contributed by atoms with Gasteiger partial charge in [0, 0.05) is 23.7 Å². The van der Waals surface area contributed by atoms with Gasteiger partial charge in [0.1, 0.15) is 0 Å². The molecule has 0 aliphatic heterocycles. The molecule has 2 aromatic rings. The Morgan fingerprint density at radius 3 is 2.62 bits per heavy atom. The first-order chi connectivity index (χ1) is 9.97. The fraction of sp³-hybridized carbons (Fsp3) is 0.0769. The van der Waals surface area contributed by atoms with Crippen LogP contribution in [0, 0.1) is 0 Å². The van der Waals surface area contributed by atoms with Gasteiger partial charge in [0.05, 0.1) is 10.4 Å². The maximum atomic E-state index is 12.1. The summed E-state index contributed by atoms with van der Waals surface area (Å²) in [6, 6.07) is 5.94. The third-order valence-corrected chi connectivity index (χ3v) is 4.73. The van der Waals surface area contributed by atoms with Gasteiger partial charge >= 0.3 is 5.97 Å². The molecule has 0 saturated heterocycles. The molecule has 0 saturated carbocycles. The van der Waals surface area contributed by atoms with Gasteiger partial charge in [0.25, 0.3) is 0 Å². The predicted molar refractivity (Wildman–Crippen MR) is 79.3 cm³/mol. The lowest BCUT2D eigenvalue weighted by Gasteiger charge is -2.05. The first-order valence-corrected chi connectivity index (χ1v) is 8.22. The lowest BCUT2D eigenvalue weighted by molar-refractivity contribution is -0.131. The SMILES string of the molecule is O=C(O)/C=C/c1ccc(S(=O)(=O)NCc2cncs2)cc1. The van der Waals surface area contributed by atoms with Crippen molar-refractivity contribution in [3.8, 4) is 0 Å². The van der Waals surface area contributed by atoms with Gasteiger partial charge in [-0.15, -0.1) is 11.3 Å². The van der Waals surface area contributed by atoms with E-state index in [4.69, 9.17) is 5.11 Å². The Morgan fingerprint density at radius 2 is 2.05 bits per heavy atom. The standard InChI is InChI=1S/C13H12N2O4S2/c16-13(17)6-3-10-1-4-12(5-2-10)21(18,19)15-8-11-7-14-9-20-11/h1-7,9,15H,8H2,(H,16,17)/b6-3+. The number of hydrogen-bond donors (Lipinski definition) is 2. The molecule has 2 rings (SSSR count). The maximum absolute atomic E-state index is 12.1. The molecular formula is C13H12N2O4S2. The van der Waals surface area contributed by atoms with E-state index < -0.39 is 16.0 Å². The number of aliphatic carboxylic acids is 1. The summed E-state index contributed by atoms with van der Waals surface area (Å²) in [5.41, 5.74) is 2.24. The van der Waals surface area contributed by atoms with E-state index in [9.17, 15) is 13.2 Å². The molecule has 0 unspecified atom stereocenters. The van der Waals surface area contributed by atoms with Crippen molar-refractivity contribution in [2.45, 2.75) is 11.4 Å². The molecule has 21 heavy (non-hydrogen) atoms. The summed E-state index contributed by atoms with van der Waals surface area (Å²) in [4.78, 5) is 15.2. The number of hydrogen-bond acceptors (Lipinski definition) is 5. The van der Waals surface area contributed by atoms with Crippen LogP contribution in [0.25, 0.3) is 6.08 Å². The van der Waals surface area contributed by atoms with Crippen LogP contribution in [0.4, 0.5) is 0 Å². The van der Waals surface area contributed by atoms with E-state index in [2.05, 4.69) is 9.71 Å². The van der Waals surface area contributed by atoms with Crippen molar-refractivity contribution < 1.29 is 18.3 Å². The zero-order valence-electron chi connectivity index (χ0n) is 10.8. The Hall–Kier alpha value is -2.03. The monoisotopic (exact) mass is 324 g/mol. The fourth-order valence-electron chi connectivity index (χ4n) is 1.50. The highest BCUT2D eigenvalue weighted by Crippen LogP contribution is 2.13. The van der Waals surface area contributed by atoms with Gasteiger partial charge in [-0.05, 0) is 23.8 Å². The van der Waals surface area contributed by atoms with Crippen LogP contribution < -0.4 is 4.72 Å².